The second-order valence-electron chi connectivity index (χ2n) is 7.06. The van der Waals surface area contributed by atoms with Gasteiger partial charge in [0.25, 0.3) is 0 Å². The Morgan fingerprint density at radius 1 is 1.10 bits per heavy atom. The molecule has 0 spiro atoms. The number of pyridine rings is 1. The lowest BCUT2D eigenvalue weighted by atomic mass is 10.1. The van der Waals surface area contributed by atoms with Gasteiger partial charge in [-0.2, -0.15) is 5.26 Å². The SMILES string of the molecule is Cc1ccc(-c2cnc(Nc3cnc(C#N)c(OC4CCCNC4)c3)nc2)cc1. The Bertz CT molecular complexity index is 1000. The van der Waals surface area contributed by atoms with Crippen LogP contribution in [-0.4, -0.2) is 34.1 Å². The van der Waals surface area contributed by atoms with E-state index in [4.69, 9.17) is 4.74 Å². The molecule has 0 aliphatic carbocycles. The summed E-state index contributed by atoms with van der Waals surface area (Å²) in [6.07, 6.45) is 7.20. The molecular formula is C22H22N6O. The highest BCUT2D eigenvalue weighted by molar-refractivity contribution is 5.63. The number of benzene rings is 1. The number of piperidine rings is 1. The van der Waals surface area contributed by atoms with Gasteiger partial charge in [0.05, 0.1) is 11.9 Å². The molecule has 2 N–H and O–H groups in total. The van der Waals surface area contributed by atoms with Gasteiger partial charge in [-0.3, -0.25) is 0 Å². The number of nitrogens with one attached hydrogen (secondary N) is 2. The molecule has 146 valence electrons. The number of hydrogen-bond acceptors (Lipinski definition) is 7. The summed E-state index contributed by atoms with van der Waals surface area (Å²) < 4.78 is 6.01. The molecule has 0 radical (unpaired) electrons. The summed E-state index contributed by atoms with van der Waals surface area (Å²) in [7, 11) is 0. The summed E-state index contributed by atoms with van der Waals surface area (Å²) in [5.74, 6) is 0.931. The Morgan fingerprint density at radius 3 is 2.59 bits per heavy atom. The number of aryl methyl sites for hydroxylation is 1. The Balaban J connectivity index is 1.49. The normalized spacial score (nSPS) is 16.1. The van der Waals surface area contributed by atoms with E-state index in [1.54, 1.807) is 24.7 Å². The smallest absolute Gasteiger partial charge is 0.227 e. The van der Waals surface area contributed by atoms with Gasteiger partial charge in [0.15, 0.2) is 11.4 Å². The quantitative estimate of drug-likeness (QED) is 0.692. The fraction of sp³-hybridized carbons (Fsp3) is 0.273. The van der Waals surface area contributed by atoms with E-state index in [-0.39, 0.29) is 11.8 Å². The van der Waals surface area contributed by atoms with Crippen LogP contribution in [0.3, 0.4) is 0 Å². The molecule has 1 aliphatic heterocycles. The molecule has 1 fully saturated rings. The van der Waals surface area contributed by atoms with Crippen LogP contribution in [0.5, 0.6) is 5.75 Å². The average Bonchev–Trinajstić information content (AvgIpc) is 2.76. The molecule has 1 aromatic carbocycles. The molecule has 0 bridgehead atoms. The summed E-state index contributed by atoms with van der Waals surface area (Å²) in [5, 5.41) is 15.8. The minimum atomic E-state index is 0.0398. The van der Waals surface area contributed by atoms with Gasteiger partial charge < -0.3 is 15.4 Å². The zero-order valence-electron chi connectivity index (χ0n) is 16.2. The topological polar surface area (TPSA) is 95.8 Å². The predicted octanol–water partition coefficient (Wildman–Crippen LogP) is 3.59. The van der Waals surface area contributed by atoms with Crippen molar-refractivity contribution in [2.24, 2.45) is 0 Å². The van der Waals surface area contributed by atoms with E-state index in [2.05, 4.69) is 62.8 Å². The molecule has 1 atom stereocenters. The molecule has 3 heterocycles. The zero-order valence-corrected chi connectivity index (χ0v) is 16.2. The van der Waals surface area contributed by atoms with Crippen molar-refractivity contribution in [2.45, 2.75) is 25.9 Å². The van der Waals surface area contributed by atoms with Crippen LogP contribution in [0, 0.1) is 18.3 Å². The molecule has 2 aromatic heterocycles. The number of ether oxygens (including phenoxy) is 1. The van der Waals surface area contributed by atoms with E-state index >= 15 is 0 Å². The standard InChI is InChI=1S/C22H22N6O/c1-15-4-6-16(7-5-15)17-11-26-22(27-12-17)28-18-9-21(20(10-23)25-13-18)29-19-3-2-8-24-14-19/h4-7,9,11-13,19,24H,2-3,8,14H2,1H3,(H,26,27,28). The van der Waals surface area contributed by atoms with Gasteiger partial charge in [-0.25, -0.2) is 15.0 Å². The number of aromatic nitrogens is 3. The highest BCUT2D eigenvalue weighted by Crippen LogP contribution is 2.25. The number of nitrogens with zero attached hydrogens (tertiary/aromatic N) is 4. The Hall–Kier alpha value is -3.50. The third-order valence-corrected chi connectivity index (χ3v) is 4.80. The average molecular weight is 386 g/mol. The summed E-state index contributed by atoms with van der Waals surface area (Å²) in [4.78, 5) is 13.0. The van der Waals surface area contributed by atoms with Crippen molar-refractivity contribution in [3.8, 4) is 22.9 Å². The van der Waals surface area contributed by atoms with E-state index in [9.17, 15) is 5.26 Å². The molecule has 1 unspecified atom stereocenters. The first kappa shape index (κ1) is 18.8. The van der Waals surface area contributed by atoms with Crippen LogP contribution in [0.4, 0.5) is 11.6 Å². The number of nitriles is 1. The molecule has 7 heteroatoms. The van der Waals surface area contributed by atoms with E-state index < -0.39 is 0 Å². The summed E-state index contributed by atoms with van der Waals surface area (Å²) in [5.41, 5.74) is 4.17. The monoisotopic (exact) mass is 386 g/mol. The van der Waals surface area contributed by atoms with Crippen molar-refractivity contribution in [3.63, 3.8) is 0 Å². The first-order valence-electron chi connectivity index (χ1n) is 9.65. The molecular weight excluding hydrogens is 364 g/mol. The first-order valence-corrected chi connectivity index (χ1v) is 9.65. The number of anilines is 2. The maximum Gasteiger partial charge on any atom is 0.227 e. The van der Waals surface area contributed by atoms with Crippen LogP contribution < -0.4 is 15.4 Å². The molecule has 1 aliphatic rings. The lowest BCUT2D eigenvalue weighted by Crippen LogP contribution is -2.37. The first-order chi connectivity index (χ1) is 14.2. The Kier molecular flexibility index (Phi) is 5.63. The number of rotatable bonds is 5. The second kappa shape index (κ2) is 8.67. The number of hydrogen-bond donors (Lipinski definition) is 2. The minimum Gasteiger partial charge on any atom is -0.486 e. The van der Waals surface area contributed by atoms with Crippen LogP contribution in [0.1, 0.15) is 24.1 Å². The van der Waals surface area contributed by atoms with Crippen LogP contribution in [0.2, 0.25) is 0 Å². The summed E-state index contributed by atoms with van der Waals surface area (Å²) in [6, 6.07) is 12.1. The van der Waals surface area contributed by atoms with Crippen molar-refractivity contribution < 1.29 is 4.74 Å². The molecule has 7 nitrogen and oxygen atoms in total. The van der Waals surface area contributed by atoms with E-state index in [0.717, 1.165) is 37.1 Å². The van der Waals surface area contributed by atoms with Crippen LogP contribution in [0.15, 0.2) is 48.9 Å². The van der Waals surface area contributed by atoms with Crippen molar-refractivity contribution in [2.75, 3.05) is 18.4 Å². The molecule has 3 aromatic rings. The predicted molar refractivity (Wildman–Crippen MR) is 111 cm³/mol. The van der Waals surface area contributed by atoms with Gasteiger partial charge in [0, 0.05) is 30.6 Å². The van der Waals surface area contributed by atoms with Gasteiger partial charge in [0.1, 0.15) is 12.2 Å². The Labute approximate surface area is 169 Å². The van der Waals surface area contributed by atoms with E-state index in [0.29, 0.717) is 17.4 Å². The van der Waals surface area contributed by atoms with Crippen molar-refractivity contribution >= 4 is 11.6 Å². The molecule has 1 saturated heterocycles. The Morgan fingerprint density at radius 2 is 1.90 bits per heavy atom. The maximum absolute atomic E-state index is 9.33. The molecule has 29 heavy (non-hydrogen) atoms. The third kappa shape index (κ3) is 4.68. The largest absolute Gasteiger partial charge is 0.486 e. The second-order valence-corrected chi connectivity index (χ2v) is 7.06. The fourth-order valence-corrected chi connectivity index (χ4v) is 3.20. The third-order valence-electron chi connectivity index (χ3n) is 4.80. The van der Waals surface area contributed by atoms with Crippen LogP contribution >= 0.6 is 0 Å². The van der Waals surface area contributed by atoms with Crippen molar-refractivity contribution in [1.82, 2.24) is 20.3 Å². The zero-order chi connectivity index (χ0) is 20.1. The molecule has 4 rings (SSSR count). The van der Waals surface area contributed by atoms with Crippen molar-refractivity contribution in [3.05, 3.63) is 60.2 Å². The molecule has 0 amide bonds. The summed E-state index contributed by atoms with van der Waals surface area (Å²) in [6.45, 7) is 3.83. The van der Waals surface area contributed by atoms with Crippen molar-refractivity contribution in [1.29, 1.82) is 5.26 Å². The lowest BCUT2D eigenvalue weighted by molar-refractivity contribution is 0.166. The van der Waals surface area contributed by atoms with Gasteiger partial charge in [-0.05, 0) is 31.9 Å². The van der Waals surface area contributed by atoms with E-state index in [1.165, 1.54) is 5.56 Å². The van der Waals surface area contributed by atoms with Gasteiger partial charge >= 0.3 is 0 Å². The van der Waals surface area contributed by atoms with Gasteiger partial charge in [-0.15, -0.1) is 0 Å². The van der Waals surface area contributed by atoms with E-state index in [1.807, 2.05) is 0 Å². The minimum absolute atomic E-state index is 0.0398. The highest BCUT2D eigenvalue weighted by Gasteiger charge is 2.17. The molecule has 0 saturated carbocycles. The van der Waals surface area contributed by atoms with Gasteiger partial charge in [0.2, 0.25) is 5.95 Å². The highest BCUT2D eigenvalue weighted by atomic mass is 16.5. The van der Waals surface area contributed by atoms with Crippen LogP contribution in [-0.2, 0) is 0 Å². The fourth-order valence-electron chi connectivity index (χ4n) is 3.20. The summed E-state index contributed by atoms with van der Waals surface area (Å²) >= 11 is 0. The maximum atomic E-state index is 9.33. The van der Waals surface area contributed by atoms with Crippen LogP contribution in [0.25, 0.3) is 11.1 Å². The lowest BCUT2D eigenvalue weighted by Gasteiger charge is -2.24. The van der Waals surface area contributed by atoms with Gasteiger partial charge in [-0.1, -0.05) is 29.8 Å².